The molecular weight excluding hydrogens is 234 g/mol. The van der Waals surface area contributed by atoms with E-state index in [1.807, 2.05) is 50.4 Å². The highest BCUT2D eigenvalue weighted by molar-refractivity contribution is 5.95. The van der Waals surface area contributed by atoms with Crippen LogP contribution in [0.5, 0.6) is 0 Å². The summed E-state index contributed by atoms with van der Waals surface area (Å²) in [5.74, 6) is 0.0707. The summed E-state index contributed by atoms with van der Waals surface area (Å²) in [4.78, 5) is 14.2. The van der Waals surface area contributed by atoms with Crippen LogP contribution in [-0.4, -0.2) is 17.9 Å². The van der Waals surface area contributed by atoms with Crippen molar-refractivity contribution in [1.82, 2.24) is 4.90 Å². The molecule has 0 saturated carbocycles. The van der Waals surface area contributed by atoms with Crippen LogP contribution in [0.4, 0.5) is 0 Å². The van der Waals surface area contributed by atoms with Gasteiger partial charge in [0.25, 0.3) is 5.91 Å². The third-order valence-electron chi connectivity index (χ3n) is 3.39. The van der Waals surface area contributed by atoms with Gasteiger partial charge in [0.05, 0.1) is 0 Å². The van der Waals surface area contributed by atoms with E-state index in [4.69, 9.17) is 0 Å². The van der Waals surface area contributed by atoms with Crippen LogP contribution in [-0.2, 0) is 6.54 Å². The Balaban J connectivity index is 2.17. The maximum Gasteiger partial charge on any atom is 0.254 e. The number of carbonyl (C=O) groups excluding carboxylic acids is 1. The first-order valence-corrected chi connectivity index (χ1v) is 6.45. The molecule has 0 saturated heterocycles. The predicted octanol–water partition coefficient (Wildman–Crippen LogP) is 3.58. The van der Waals surface area contributed by atoms with Gasteiger partial charge < -0.3 is 4.90 Å². The highest BCUT2D eigenvalue weighted by Gasteiger charge is 2.14. The van der Waals surface area contributed by atoms with Crippen LogP contribution >= 0.6 is 0 Å². The van der Waals surface area contributed by atoms with Crippen LogP contribution in [0.25, 0.3) is 0 Å². The van der Waals surface area contributed by atoms with Gasteiger partial charge in [-0.2, -0.15) is 0 Å². The molecule has 0 atom stereocenters. The lowest BCUT2D eigenvalue weighted by molar-refractivity contribution is 0.0784. The van der Waals surface area contributed by atoms with Crippen molar-refractivity contribution >= 4 is 5.91 Å². The van der Waals surface area contributed by atoms with Crippen LogP contribution in [0.1, 0.15) is 27.0 Å². The molecule has 0 spiro atoms. The summed E-state index contributed by atoms with van der Waals surface area (Å²) >= 11 is 0. The third kappa shape index (κ3) is 3.02. The second-order valence-corrected chi connectivity index (χ2v) is 4.90. The van der Waals surface area contributed by atoms with Crippen molar-refractivity contribution in [1.29, 1.82) is 0 Å². The summed E-state index contributed by atoms with van der Waals surface area (Å²) in [6.07, 6.45) is 0. The Morgan fingerprint density at radius 3 is 2.16 bits per heavy atom. The molecule has 2 aromatic rings. The maximum atomic E-state index is 12.4. The van der Waals surface area contributed by atoms with Crippen LogP contribution in [0.15, 0.2) is 48.5 Å². The second kappa shape index (κ2) is 5.70. The van der Waals surface area contributed by atoms with Crippen LogP contribution < -0.4 is 0 Å². The molecular formula is C17H19NO. The fraction of sp³-hybridized carbons (Fsp3) is 0.235. The summed E-state index contributed by atoms with van der Waals surface area (Å²) < 4.78 is 0. The number of carbonyl (C=O) groups is 1. The number of aryl methyl sites for hydroxylation is 2. The van der Waals surface area contributed by atoms with E-state index >= 15 is 0 Å². The van der Waals surface area contributed by atoms with Gasteiger partial charge >= 0.3 is 0 Å². The third-order valence-corrected chi connectivity index (χ3v) is 3.39. The number of hydrogen-bond acceptors (Lipinski definition) is 1. The minimum Gasteiger partial charge on any atom is -0.337 e. The summed E-state index contributed by atoms with van der Waals surface area (Å²) in [6, 6.07) is 15.9. The second-order valence-electron chi connectivity index (χ2n) is 4.90. The minimum atomic E-state index is 0.0707. The molecule has 0 aliphatic rings. The van der Waals surface area contributed by atoms with Gasteiger partial charge in [0.1, 0.15) is 0 Å². The molecule has 0 bridgehead atoms. The summed E-state index contributed by atoms with van der Waals surface area (Å²) in [7, 11) is 1.85. The van der Waals surface area contributed by atoms with Gasteiger partial charge in [0, 0.05) is 19.2 Å². The zero-order valence-electron chi connectivity index (χ0n) is 11.7. The van der Waals surface area contributed by atoms with Crippen molar-refractivity contribution < 1.29 is 4.79 Å². The normalized spacial score (nSPS) is 10.3. The fourth-order valence-corrected chi connectivity index (χ4v) is 2.13. The van der Waals surface area contributed by atoms with Crippen LogP contribution in [0, 0.1) is 13.8 Å². The van der Waals surface area contributed by atoms with Gasteiger partial charge in [0.2, 0.25) is 0 Å². The smallest absolute Gasteiger partial charge is 0.254 e. The molecule has 2 nitrogen and oxygen atoms in total. The van der Waals surface area contributed by atoms with Gasteiger partial charge in [-0.1, -0.05) is 42.5 Å². The highest BCUT2D eigenvalue weighted by atomic mass is 16.2. The predicted molar refractivity (Wildman–Crippen MR) is 78.2 cm³/mol. The Bertz CT molecular complexity index is 589. The Morgan fingerprint density at radius 1 is 0.947 bits per heavy atom. The van der Waals surface area contributed by atoms with E-state index in [-0.39, 0.29) is 5.91 Å². The zero-order valence-corrected chi connectivity index (χ0v) is 11.7. The molecule has 0 aliphatic heterocycles. The van der Waals surface area contributed by atoms with Crippen molar-refractivity contribution in [3.63, 3.8) is 0 Å². The average Bonchev–Trinajstić information content (AvgIpc) is 2.41. The molecule has 0 aromatic heterocycles. The lowest BCUT2D eigenvalue weighted by Gasteiger charge is -2.19. The van der Waals surface area contributed by atoms with E-state index in [9.17, 15) is 4.79 Å². The molecule has 0 aliphatic carbocycles. The Labute approximate surface area is 114 Å². The van der Waals surface area contributed by atoms with Crippen molar-refractivity contribution in [3.8, 4) is 0 Å². The molecule has 0 fully saturated rings. The summed E-state index contributed by atoms with van der Waals surface area (Å²) in [6.45, 7) is 4.68. The first-order valence-electron chi connectivity index (χ1n) is 6.45. The van der Waals surface area contributed by atoms with Crippen molar-refractivity contribution in [3.05, 3.63) is 70.8 Å². The maximum absolute atomic E-state index is 12.4. The quantitative estimate of drug-likeness (QED) is 0.818. The van der Waals surface area contributed by atoms with E-state index < -0.39 is 0 Å². The van der Waals surface area contributed by atoms with Crippen molar-refractivity contribution in [2.24, 2.45) is 0 Å². The molecule has 0 radical (unpaired) electrons. The number of rotatable bonds is 3. The molecule has 19 heavy (non-hydrogen) atoms. The van der Waals surface area contributed by atoms with E-state index in [2.05, 4.69) is 19.1 Å². The van der Waals surface area contributed by atoms with Crippen LogP contribution in [0.3, 0.4) is 0 Å². The number of benzene rings is 2. The zero-order chi connectivity index (χ0) is 13.8. The number of nitrogens with zero attached hydrogens (tertiary/aromatic N) is 1. The Kier molecular flexibility index (Phi) is 4.00. The lowest BCUT2D eigenvalue weighted by Crippen LogP contribution is -2.27. The van der Waals surface area contributed by atoms with Gasteiger partial charge in [-0.25, -0.2) is 0 Å². The molecule has 2 rings (SSSR count). The van der Waals surface area contributed by atoms with E-state index in [0.29, 0.717) is 6.54 Å². The van der Waals surface area contributed by atoms with E-state index in [1.165, 1.54) is 11.1 Å². The minimum absolute atomic E-state index is 0.0707. The standard InChI is InChI=1S/C17H19NO/c1-13-8-4-6-10-15(13)12-18(3)17(19)16-11-7-5-9-14(16)2/h4-11H,12H2,1-3H3. The monoisotopic (exact) mass is 253 g/mol. The number of hydrogen-bond donors (Lipinski definition) is 0. The van der Waals surface area contributed by atoms with Crippen LogP contribution in [0.2, 0.25) is 0 Å². The number of amides is 1. The van der Waals surface area contributed by atoms with Crippen molar-refractivity contribution in [2.75, 3.05) is 7.05 Å². The first kappa shape index (κ1) is 13.3. The van der Waals surface area contributed by atoms with Crippen molar-refractivity contribution in [2.45, 2.75) is 20.4 Å². The van der Waals surface area contributed by atoms with Gasteiger partial charge in [-0.15, -0.1) is 0 Å². The fourth-order valence-electron chi connectivity index (χ4n) is 2.13. The molecule has 0 N–H and O–H groups in total. The molecule has 2 heteroatoms. The summed E-state index contributed by atoms with van der Waals surface area (Å²) in [5, 5.41) is 0. The van der Waals surface area contributed by atoms with E-state index in [0.717, 1.165) is 11.1 Å². The lowest BCUT2D eigenvalue weighted by atomic mass is 10.1. The molecule has 0 heterocycles. The molecule has 0 unspecified atom stereocenters. The molecule has 2 aromatic carbocycles. The van der Waals surface area contributed by atoms with E-state index in [1.54, 1.807) is 4.90 Å². The highest BCUT2D eigenvalue weighted by Crippen LogP contribution is 2.14. The van der Waals surface area contributed by atoms with Gasteiger partial charge in [0.15, 0.2) is 0 Å². The van der Waals surface area contributed by atoms with Gasteiger partial charge in [-0.05, 0) is 36.6 Å². The SMILES string of the molecule is Cc1ccccc1CN(C)C(=O)c1ccccc1C. The largest absolute Gasteiger partial charge is 0.337 e. The first-order chi connectivity index (χ1) is 9.09. The Morgan fingerprint density at radius 2 is 1.53 bits per heavy atom. The van der Waals surface area contributed by atoms with Gasteiger partial charge in [-0.3, -0.25) is 4.79 Å². The topological polar surface area (TPSA) is 20.3 Å². The Hall–Kier alpha value is -2.09. The molecule has 98 valence electrons. The molecule has 1 amide bonds. The summed E-state index contributed by atoms with van der Waals surface area (Å²) in [5.41, 5.74) is 4.20. The average molecular weight is 253 g/mol.